The number of benzene rings is 2. The molecule has 0 bridgehead atoms. The molecule has 0 radical (unpaired) electrons. The lowest BCUT2D eigenvalue weighted by molar-refractivity contribution is -0.145. The smallest absolute Gasteiger partial charge is 0.227 e. The van der Waals surface area contributed by atoms with Crippen molar-refractivity contribution >= 4 is 21.5 Å². The van der Waals surface area contributed by atoms with E-state index in [0.717, 1.165) is 5.56 Å². The number of carbonyl (C=O) groups excluding carboxylic acids is 2. The Kier molecular flexibility index (Phi) is 4.99. The highest BCUT2D eigenvalue weighted by atomic mass is 32.2. The van der Waals surface area contributed by atoms with Crippen molar-refractivity contribution in [3.05, 3.63) is 66.2 Å². The summed E-state index contributed by atoms with van der Waals surface area (Å²) in [7, 11) is -3.64. The SMILES string of the molecule is O=C(CCc1ccccc1)CN1C(=O)CC1S(=O)(=O)c1ccccc1. The van der Waals surface area contributed by atoms with Crippen LogP contribution in [0.25, 0.3) is 0 Å². The van der Waals surface area contributed by atoms with Gasteiger partial charge in [-0.25, -0.2) is 8.42 Å². The molecule has 5 nitrogen and oxygen atoms in total. The van der Waals surface area contributed by atoms with Crippen molar-refractivity contribution in [3.63, 3.8) is 0 Å². The molecule has 1 unspecified atom stereocenters. The molecule has 2 aromatic rings. The average molecular weight is 357 g/mol. The zero-order chi connectivity index (χ0) is 17.9. The van der Waals surface area contributed by atoms with Crippen LogP contribution in [-0.4, -0.2) is 36.9 Å². The van der Waals surface area contributed by atoms with Crippen LogP contribution in [0.5, 0.6) is 0 Å². The van der Waals surface area contributed by atoms with Gasteiger partial charge in [0.15, 0.2) is 15.6 Å². The minimum atomic E-state index is -3.64. The van der Waals surface area contributed by atoms with Crippen molar-refractivity contribution in [2.45, 2.75) is 29.5 Å². The molecular weight excluding hydrogens is 338 g/mol. The van der Waals surface area contributed by atoms with E-state index in [9.17, 15) is 18.0 Å². The summed E-state index contributed by atoms with van der Waals surface area (Å²) < 4.78 is 25.3. The second kappa shape index (κ2) is 7.19. The van der Waals surface area contributed by atoms with E-state index in [2.05, 4.69) is 0 Å². The highest BCUT2D eigenvalue weighted by Crippen LogP contribution is 2.29. The molecule has 1 amide bonds. The number of ketones is 1. The van der Waals surface area contributed by atoms with Gasteiger partial charge in [0.25, 0.3) is 0 Å². The first-order chi connectivity index (χ1) is 12.0. The number of carbonyl (C=O) groups is 2. The predicted molar refractivity (Wildman–Crippen MR) is 93.5 cm³/mol. The largest absolute Gasteiger partial charge is 0.317 e. The van der Waals surface area contributed by atoms with Crippen LogP contribution >= 0.6 is 0 Å². The highest BCUT2D eigenvalue weighted by molar-refractivity contribution is 7.92. The summed E-state index contributed by atoms with van der Waals surface area (Å²) in [4.78, 5) is 25.4. The number of β-lactam (4-membered cyclic amide) rings is 1. The molecule has 1 fully saturated rings. The maximum atomic E-state index is 12.6. The number of amides is 1. The second-order valence-electron chi connectivity index (χ2n) is 6.06. The lowest BCUT2D eigenvalue weighted by Gasteiger charge is -2.39. The molecule has 130 valence electrons. The zero-order valence-corrected chi connectivity index (χ0v) is 14.5. The van der Waals surface area contributed by atoms with Gasteiger partial charge in [0.1, 0.15) is 5.37 Å². The van der Waals surface area contributed by atoms with Crippen molar-refractivity contribution in [2.75, 3.05) is 6.54 Å². The maximum absolute atomic E-state index is 12.6. The van der Waals surface area contributed by atoms with E-state index in [1.54, 1.807) is 18.2 Å². The summed E-state index contributed by atoms with van der Waals surface area (Å²) >= 11 is 0. The van der Waals surface area contributed by atoms with Crippen molar-refractivity contribution < 1.29 is 18.0 Å². The number of hydrogen-bond donors (Lipinski definition) is 0. The molecule has 0 N–H and O–H groups in total. The van der Waals surface area contributed by atoms with Gasteiger partial charge in [-0.05, 0) is 24.1 Å². The standard InChI is InChI=1S/C19H19NO4S/c21-16(12-11-15-7-3-1-4-8-15)14-20-18(22)13-19(20)25(23,24)17-9-5-2-6-10-17/h1-10,19H,11-14H2. The van der Waals surface area contributed by atoms with E-state index in [4.69, 9.17) is 0 Å². The Bertz CT molecular complexity index is 863. The Balaban J connectivity index is 1.63. The van der Waals surface area contributed by atoms with E-state index >= 15 is 0 Å². The van der Waals surface area contributed by atoms with Crippen molar-refractivity contribution in [1.82, 2.24) is 4.90 Å². The van der Waals surface area contributed by atoms with Crippen LogP contribution in [0.1, 0.15) is 18.4 Å². The van der Waals surface area contributed by atoms with E-state index in [-0.39, 0.29) is 36.0 Å². The third-order valence-corrected chi connectivity index (χ3v) is 6.40. The normalized spacial score (nSPS) is 17.2. The molecule has 3 rings (SSSR count). The predicted octanol–water partition coefficient (Wildman–Crippen LogP) is 2.22. The van der Waals surface area contributed by atoms with Crippen LogP contribution in [-0.2, 0) is 25.8 Å². The molecule has 6 heteroatoms. The molecule has 25 heavy (non-hydrogen) atoms. The van der Waals surface area contributed by atoms with E-state index in [1.165, 1.54) is 17.0 Å². The van der Waals surface area contributed by atoms with Crippen molar-refractivity contribution in [1.29, 1.82) is 0 Å². The van der Waals surface area contributed by atoms with Gasteiger partial charge in [-0.1, -0.05) is 48.5 Å². The Morgan fingerprint density at radius 2 is 1.60 bits per heavy atom. The van der Waals surface area contributed by atoms with Gasteiger partial charge in [0, 0.05) is 6.42 Å². The average Bonchev–Trinajstić information content (AvgIpc) is 2.64. The third-order valence-electron chi connectivity index (χ3n) is 4.33. The van der Waals surface area contributed by atoms with Crippen LogP contribution < -0.4 is 0 Å². The van der Waals surface area contributed by atoms with Gasteiger partial charge >= 0.3 is 0 Å². The number of rotatable bonds is 7. The van der Waals surface area contributed by atoms with Crippen LogP contribution in [0.2, 0.25) is 0 Å². The molecule has 1 aliphatic rings. The van der Waals surface area contributed by atoms with Gasteiger partial charge in [-0.15, -0.1) is 0 Å². The number of aryl methyl sites for hydroxylation is 1. The molecule has 0 aliphatic carbocycles. The van der Waals surface area contributed by atoms with Crippen LogP contribution in [0.3, 0.4) is 0 Å². The van der Waals surface area contributed by atoms with Gasteiger partial charge in [0.05, 0.1) is 17.9 Å². The maximum Gasteiger partial charge on any atom is 0.227 e. The van der Waals surface area contributed by atoms with Gasteiger partial charge in [0.2, 0.25) is 5.91 Å². The molecule has 2 aromatic carbocycles. The molecule has 0 saturated carbocycles. The zero-order valence-electron chi connectivity index (χ0n) is 13.7. The Morgan fingerprint density at radius 3 is 2.20 bits per heavy atom. The fraction of sp³-hybridized carbons (Fsp3) is 0.263. The van der Waals surface area contributed by atoms with E-state index in [0.29, 0.717) is 6.42 Å². The van der Waals surface area contributed by atoms with Crippen molar-refractivity contribution in [3.8, 4) is 0 Å². The summed E-state index contributed by atoms with van der Waals surface area (Å²) in [5.74, 6) is -0.428. The number of nitrogens with zero attached hydrogens (tertiary/aromatic N) is 1. The molecule has 0 aromatic heterocycles. The summed E-state index contributed by atoms with van der Waals surface area (Å²) in [5, 5.41) is -0.942. The fourth-order valence-electron chi connectivity index (χ4n) is 2.86. The molecule has 1 atom stereocenters. The Morgan fingerprint density at radius 1 is 1.00 bits per heavy atom. The lowest BCUT2D eigenvalue weighted by atomic mass is 10.1. The highest BCUT2D eigenvalue weighted by Gasteiger charge is 2.46. The molecule has 1 heterocycles. The number of hydrogen-bond acceptors (Lipinski definition) is 4. The first-order valence-electron chi connectivity index (χ1n) is 8.12. The summed E-state index contributed by atoms with van der Waals surface area (Å²) in [6.07, 6.45) is 0.799. The van der Waals surface area contributed by atoms with Gasteiger partial charge < -0.3 is 4.90 Å². The molecular formula is C19H19NO4S. The summed E-state index contributed by atoms with van der Waals surface area (Å²) in [6.45, 7) is -0.150. The van der Waals surface area contributed by atoms with E-state index in [1.807, 2.05) is 30.3 Å². The topological polar surface area (TPSA) is 71.5 Å². The fourth-order valence-corrected chi connectivity index (χ4v) is 4.60. The van der Waals surface area contributed by atoms with Crippen LogP contribution in [0, 0.1) is 0 Å². The Hall–Kier alpha value is -2.47. The minimum Gasteiger partial charge on any atom is -0.317 e. The first kappa shape index (κ1) is 17.4. The molecule has 1 aliphatic heterocycles. The lowest BCUT2D eigenvalue weighted by Crippen LogP contribution is -2.57. The second-order valence-corrected chi connectivity index (χ2v) is 8.17. The quantitative estimate of drug-likeness (QED) is 0.713. The Labute approximate surface area is 147 Å². The third kappa shape index (κ3) is 3.79. The minimum absolute atomic E-state index is 0.0663. The summed E-state index contributed by atoms with van der Waals surface area (Å²) in [6, 6.07) is 17.6. The van der Waals surface area contributed by atoms with Crippen molar-refractivity contribution in [2.24, 2.45) is 0 Å². The molecule has 1 saturated heterocycles. The molecule has 0 spiro atoms. The summed E-state index contributed by atoms with van der Waals surface area (Å²) in [5.41, 5.74) is 1.04. The number of likely N-dealkylation sites (tertiary alicyclic amines) is 1. The van der Waals surface area contributed by atoms with Gasteiger partial charge in [-0.2, -0.15) is 0 Å². The first-order valence-corrected chi connectivity index (χ1v) is 9.67. The van der Waals surface area contributed by atoms with Crippen LogP contribution in [0.15, 0.2) is 65.6 Å². The number of Topliss-reactive ketones (excluding diaryl/α,β-unsaturated/α-hetero) is 1. The van der Waals surface area contributed by atoms with Crippen LogP contribution in [0.4, 0.5) is 0 Å². The van der Waals surface area contributed by atoms with E-state index < -0.39 is 15.2 Å². The number of sulfone groups is 1. The van der Waals surface area contributed by atoms with Gasteiger partial charge in [-0.3, -0.25) is 9.59 Å². The monoisotopic (exact) mass is 357 g/mol.